The van der Waals surface area contributed by atoms with Gasteiger partial charge in [-0.2, -0.15) is 0 Å². The van der Waals surface area contributed by atoms with Crippen molar-refractivity contribution in [1.29, 1.82) is 0 Å². The molecule has 0 bridgehead atoms. The third-order valence-corrected chi connectivity index (χ3v) is 3.51. The van der Waals surface area contributed by atoms with Gasteiger partial charge in [-0.05, 0) is 24.1 Å². The SMILES string of the molecule is CCC(NCc1ccno1)c1ccc(Cl)c(Cl)c1. The van der Waals surface area contributed by atoms with Crippen molar-refractivity contribution >= 4 is 23.2 Å². The zero-order valence-electron chi connectivity index (χ0n) is 9.99. The molecule has 3 nitrogen and oxygen atoms in total. The standard InChI is InChI=1S/C13H14Cl2N2O/c1-2-13(16-8-10-5-6-17-18-10)9-3-4-11(14)12(15)7-9/h3-7,13,16H,2,8H2,1H3. The minimum absolute atomic E-state index is 0.213. The lowest BCUT2D eigenvalue weighted by molar-refractivity contribution is 0.362. The van der Waals surface area contributed by atoms with E-state index in [1.807, 2.05) is 24.3 Å². The summed E-state index contributed by atoms with van der Waals surface area (Å²) in [6.07, 6.45) is 2.59. The van der Waals surface area contributed by atoms with E-state index in [2.05, 4.69) is 17.4 Å². The molecule has 0 radical (unpaired) electrons. The predicted molar refractivity (Wildman–Crippen MR) is 72.8 cm³/mol. The predicted octanol–water partition coefficient (Wildman–Crippen LogP) is 4.22. The van der Waals surface area contributed by atoms with Crippen molar-refractivity contribution in [1.82, 2.24) is 10.5 Å². The Morgan fingerprint density at radius 2 is 2.11 bits per heavy atom. The number of benzene rings is 1. The summed E-state index contributed by atoms with van der Waals surface area (Å²) < 4.78 is 5.05. The molecule has 0 spiro atoms. The molecule has 0 saturated heterocycles. The van der Waals surface area contributed by atoms with Crippen molar-refractivity contribution in [2.75, 3.05) is 0 Å². The second-order valence-electron chi connectivity index (χ2n) is 3.99. The van der Waals surface area contributed by atoms with Gasteiger partial charge < -0.3 is 9.84 Å². The third-order valence-electron chi connectivity index (χ3n) is 2.77. The van der Waals surface area contributed by atoms with Crippen molar-refractivity contribution in [2.24, 2.45) is 0 Å². The number of halogens is 2. The van der Waals surface area contributed by atoms with Gasteiger partial charge in [0.25, 0.3) is 0 Å². The maximum atomic E-state index is 6.03. The van der Waals surface area contributed by atoms with Gasteiger partial charge in [-0.3, -0.25) is 0 Å². The smallest absolute Gasteiger partial charge is 0.150 e. The van der Waals surface area contributed by atoms with Gasteiger partial charge in [0.1, 0.15) is 5.76 Å². The first kappa shape index (κ1) is 13.4. The number of aromatic nitrogens is 1. The van der Waals surface area contributed by atoms with Crippen LogP contribution in [0, 0.1) is 0 Å². The minimum atomic E-state index is 0.213. The van der Waals surface area contributed by atoms with E-state index < -0.39 is 0 Å². The number of nitrogens with one attached hydrogen (secondary N) is 1. The molecule has 0 amide bonds. The Kier molecular flexibility index (Phi) is 4.64. The Bertz CT molecular complexity index is 500. The Labute approximate surface area is 116 Å². The van der Waals surface area contributed by atoms with Crippen LogP contribution in [0.1, 0.15) is 30.7 Å². The molecule has 0 fully saturated rings. The first-order valence-corrected chi connectivity index (χ1v) is 6.54. The quantitative estimate of drug-likeness (QED) is 0.893. The van der Waals surface area contributed by atoms with Crippen molar-refractivity contribution in [3.8, 4) is 0 Å². The Balaban J connectivity index is 2.05. The van der Waals surface area contributed by atoms with Crippen LogP contribution in [-0.4, -0.2) is 5.16 Å². The maximum Gasteiger partial charge on any atom is 0.150 e. The summed E-state index contributed by atoms with van der Waals surface area (Å²) in [5.74, 6) is 0.813. The van der Waals surface area contributed by atoms with E-state index in [1.165, 1.54) is 0 Å². The molecule has 1 aromatic carbocycles. The summed E-state index contributed by atoms with van der Waals surface area (Å²) in [6.45, 7) is 2.75. The molecule has 0 saturated carbocycles. The van der Waals surface area contributed by atoms with Gasteiger partial charge >= 0.3 is 0 Å². The molecule has 1 N–H and O–H groups in total. The Morgan fingerprint density at radius 1 is 1.28 bits per heavy atom. The number of nitrogens with zero attached hydrogens (tertiary/aromatic N) is 1. The molecule has 0 aliphatic rings. The van der Waals surface area contributed by atoms with E-state index in [9.17, 15) is 0 Å². The van der Waals surface area contributed by atoms with Gasteiger partial charge in [0.2, 0.25) is 0 Å². The molecule has 1 atom stereocenters. The fourth-order valence-corrected chi connectivity index (χ4v) is 2.09. The summed E-state index contributed by atoms with van der Waals surface area (Å²) in [5, 5.41) is 8.22. The van der Waals surface area contributed by atoms with Crippen molar-refractivity contribution < 1.29 is 4.52 Å². The number of hydrogen-bond acceptors (Lipinski definition) is 3. The highest BCUT2D eigenvalue weighted by atomic mass is 35.5. The first-order chi connectivity index (χ1) is 8.70. The van der Waals surface area contributed by atoms with Crippen LogP contribution >= 0.6 is 23.2 Å². The molecular weight excluding hydrogens is 271 g/mol. The van der Waals surface area contributed by atoms with Gasteiger partial charge in [-0.15, -0.1) is 0 Å². The third kappa shape index (κ3) is 3.25. The fourth-order valence-electron chi connectivity index (χ4n) is 1.78. The van der Waals surface area contributed by atoms with Crippen LogP contribution in [0.15, 0.2) is 35.0 Å². The maximum absolute atomic E-state index is 6.03. The van der Waals surface area contributed by atoms with E-state index in [1.54, 1.807) is 6.20 Å². The minimum Gasteiger partial charge on any atom is -0.360 e. The molecule has 18 heavy (non-hydrogen) atoms. The molecule has 1 unspecified atom stereocenters. The van der Waals surface area contributed by atoms with Gasteiger partial charge in [0, 0.05) is 12.1 Å². The van der Waals surface area contributed by atoms with Crippen molar-refractivity contribution in [2.45, 2.75) is 25.9 Å². The molecule has 1 aromatic heterocycles. The first-order valence-electron chi connectivity index (χ1n) is 5.78. The average Bonchev–Trinajstić information content (AvgIpc) is 2.87. The monoisotopic (exact) mass is 284 g/mol. The van der Waals surface area contributed by atoms with Crippen LogP contribution in [0.5, 0.6) is 0 Å². The van der Waals surface area contributed by atoms with E-state index in [0.717, 1.165) is 17.7 Å². The molecule has 0 aliphatic heterocycles. The summed E-state index contributed by atoms with van der Waals surface area (Å²) >= 11 is 11.9. The molecule has 2 aromatic rings. The largest absolute Gasteiger partial charge is 0.360 e. The van der Waals surface area contributed by atoms with E-state index in [0.29, 0.717) is 16.6 Å². The van der Waals surface area contributed by atoms with Crippen LogP contribution in [-0.2, 0) is 6.54 Å². The highest BCUT2D eigenvalue weighted by Gasteiger charge is 2.11. The summed E-state index contributed by atoms with van der Waals surface area (Å²) in [5.41, 5.74) is 1.12. The van der Waals surface area contributed by atoms with Gasteiger partial charge in [-0.1, -0.05) is 41.3 Å². The molecule has 5 heteroatoms. The van der Waals surface area contributed by atoms with Gasteiger partial charge in [0.05, 0.1) is 22.8 Å². The highest BCUT2D eigenvalue weighted by Crippen LogP contribution is 2.27. The lowest BCUT2D eigenvalue weighted by Gasteiger charge is -2.17. The highest BCUT2D eigenvalue weighted by molar-refractivity contribution is 6.42. The molecule has 2 rings (SSSR count). The lowest BCUT2D eigenvalue weighted by atomic mass is 10.0. The number of hydrogen-bond donors (Lipinski definition) is 1. The van der Waals surface area contributed by atoms with Gasteiger partial charge in [-0.25, -0.2) is 0 Å². The zero-order chi connectivity index (χ0) is 13.0. The fraction of sp³-hybridized carbons (Fsp3) is 0.308. The van der Waals surface area contributed by atoms with E-state index in [4.69, 9.17) is 27.7 Å². The molecule has 96 valence electrons. The second kappa shape index (κ2) is 6.23. The zero-order valence-corrected chi connectivity index (χ0v) is 11.5. The van der Waals surface area contributed by atoms with Crippen molar-refractivity contribution in [3.63, 3.8) is 0 Å². The van der Waals surface area contributed by atoms with Crippen LogP contribution in [0.2, 0.25) is 10.0 Å². The van der Waals surface area contributed by atoms with E-state index >= 15 is 0 Å². The van der Waals surface area contributed by atoms with Gasteiger partial charge in [0.15, 0.2) is 0 Å². The van der Waals surface area contributed by atoms with Crippen LogP contribution in [0.4, 0.5) is 0 Å². The normalized spacial score (nSPS) is 12.6. The molecule has 0 aliphatic carbocycles. The second-order valence-corrected chi connectivity index (χ2v) is 4.81. The Hall–Kier alpha value is -1.03. The Morgan fingerprint density at radius 3 is 2.72 bits per heavy atom. The number of rotatable bonds is 5. The molecule has 1 heterocycles. The van der Waals surface area contributed by atoms with Crippen LogP contribution < -0.4 is 5.32 Å². The van der Waals surface area contributed by atoms with Crippen LogP contribution in [0.25, 0.3) is 0 Å². The summed E-state index contributed by atoms with van der Waals surface area (Å²) in [6, 6.07) is 7.75. The average molecular weight is 285 g/mol. The van der Waals surface area contributed by atoms with Crippen LogP contribution in [0.3, 0.4) is 0 Å². The van der Waals surface area contributed by atoms with E-state index in [-0.39, 0.29) is 6.04 Å². The lowest BCUT2D eigenvalue weighted by Crippen LogP contribution is -2.20. The topological polar surface area (TPSA) is 38.1 Å². The summed E-state index contributed by atoms with van der Waals surface area (Å²) in [7, 11) is 0. The van der Waals surface area contributed by atoms with Crippen molar-refractivity contribution in [3.05, 3.63) is 51.8 Å². The molecular formula is C13H14Cl2N2O. The summed E-state index contributed by atoms with van der Waals surface area (Å²) in [4.78, 5) is 0.